The number of hydrogen-bond acceptors (Lipinski definition) is 5. The van der Waals surface area contributed by atoms with E-state index in [1.165, 1.54) is 18.2 Å². The number of carboxylic acid groups (broad SMARTS) is 1. The molecule has 0 bridgehead atoms. The van der Waals surface area contributed by atoms with Crippen LogP contribution in [0.25, 0.3) is 0 Å². The van der Waals surface area contributed by atoms with E-state index in [0.29, 0.717) is 11.4 Å². The first-order valence-corrected chi connectivity index (χ1v) is 6.12. The second-order valence-electron chi connectivity index (χ2n) is 4.55. The molecule has 0 radical (unpaired) electrons. The summed E-state index contributed by atoms with van der Waals surface area (Å²) < 4.78 is 10.1. The van der Waals surface area contributed by atoms with E-state index in [4.69, 9.17) is 14.6 Å². The summed E-state index contributed by atoms with van der Waals surface area (Å²) >= 11 is 0. The summed E-state index contributed by atoms with van der Waals surface area (Å²) in [5, 5.41) is 9.11. The third-order valence-corrected chi connectivity index (χ3v) is 3.38. The van der Waals surface area contributed by atoms with Crippen molar-refractivity contribution in [1.29, 1.82) is 0 Å². The van der Waals surface area contributed by atoms with Crippen LogP contribution in [0, 0.1) is 5.92 Å². The van der Waals surface area contributed by atoms with Crippen LogP contribution in [0.2, 0.25) is 0 Å². The zero-order valence-corrected chi connectivity index (χ0v) is 11.3. The van der Waals surface area contributed by atoms with E-state index < -0.39 is 17.9 Å². The first kappa shape index (κ1) is 14.3. The van der Waals surface area contributed by atoms with Gasteiger partial charge in [-0.3, -0.25) is 9.59 Å². The topological polar surface area (TPSA) is 89.0 Å². The van der Waals surface area contributed by atoms with Gasteiger partial charge in [-0.1, -0.05) is 0 Å². The molecule has 1 aromatic rings. The van der Waals surface area contributed by atoms with Crippen LogP contribution in [0.5, 0.6) is 5.88 Å². The number of carbonyl (C=O) groups excluding carboxylic acids is 1. The number of aromatic nitrogens is 1. The number of carbonyl (C=O) groups is 2. The molecule has 108 valence electrons. The monoisotopic (exact) mass is 280 g/mol. The molecule has 2 atom stereocenters. The summed E-state index contributed by atoms with van der Waals surface area (Å²) in [7, 11) is 3.06. The molecular formula is C13H16N2O5. The number of carboxylic acids is 1. The van der Waals surface area contributed by atoms with Gasteiger partial charge in [-0.05, 0) is 6.07 Å². The Morgan fingerprint density at radius 3 is 2.75 bits per heavy atom. The maximum absolute atomic E-state index is 12.3. The lowest BCUT2D eigenvalue weighted by molar-refractivity contribution is -0.142. The number of pyridine rings is 1. The minimum absolute atomic E-state index is 0.123. The first-order chi connectivity index (χ1) is 9.54. The standard InChI is InChI=1S/C13H16N2O5/c1-15(10-7-20-6-9(10)13(17)18)12(16)8-3-4-11(19-2)14-5-8/h3-5,9-10H,6-7H2,1-2H3,(H,17,18). The van der Waals surface area contributed by atoms with Crippen molar-refractivity contribution in [2.45, 2.75) is 6.04 Å². The van der Waals surface area contributed by atoms with Gasteiger partial charge in [0.2, 0.25) is 5.88 Å². The molecule has 2 rings (SSSR count). The predicted molar refractivity (Wildman–Crippen MR) is 68.6 cm³/mol. The Labute approximate surface area is 116 Å². The van der Waals surface area contributed by atoms with Gasteiger partial charge in [-0.25, -0.2) is 4.98 Å². The molecule has 0 spiro atoms. The van der Waals surface area contributed by atoms with E-state index in [2.05, 4.69) is 4.98 Å². The summed E-state index contributed by atoms with van der Waals surface area (Å²) in [6.45, 7) is 0.348. The van der Waals surface area contributed by atoms with Crippen molar-refractivity contribution in [3.63, 3.8) is 0 Å². The number of hydrogen-bond donors (Lipinski definition) is 1. The van der Waals surface area contributed by atoms with Gasteiger partial charge >= 0.3 is 5.97 Å². The van der Waals surface area contributed by atoms with Gasteiger partial charge in [0.1, 0.15) is 5.92 Å². The van der Waals surface area contributed by atoms with Crippen molar-refractivity contribution < 1.29 is 24.2 Å². The average Bonchev–Trinajstić information content (AvgIpc) is 2.95. The summed E-state index contributed by atoms with van der Waals surface area (Å²) in [5.74, 6) is -1.53. The lowest BCUT2D eigenvalue weighted by Crippen LogP contribution is -2.44. The molecule has 0 saturated carbocycles. The van der Waals surface area contributed by atoms with E-state index in [-0.39, 0.29) is 19.1 Å². The van der Waals surface area contributed by atoms with Crippen molar-refractivity contribution in [3.05, 3.63) is 23.9 Å². The van der Waals surface area contributed by atoms with E-state index in [1.807, 2.05) is 0 Å². The third kappa shape index (κ3) is 2.72. The Bertz CT molecular complexity index is 502. The Hall–Kier alpha value is -2.15. The number of ether oxygens (including phenoxy) is 2. The molecule has 1 fully saturated rings. The van der Waals surface area contributed by atoms with E-state index >= 15 is 0 Å². The highest BCUT2D eigenvalue weighted by Crippen LogP contribution is 2.21. The van der Waals surface area contributed by atoms with Crippen molar-refractivity contribution in [2.75, 3.05) is 27.4 Å². The van der Waals surface area contributed by atoms with Crippen molar-refractivity contribution >= 4 is 11.9 Å². The first-order valence-electron chi connectivity index (χ1n) is 6.12. The Morgan fingerprint density at radius 2 is 2.20 bits per heavy atom. The third-order valence-electron chi connectivity index (χ3n) is 3.38. The van der Waals surface area contributed by atoms with Crippen LogP contribution in [-0.2, 0) is 9.53 Å². The molecule has 1 amide bonds. The largest absolute Gasteiger partial charge is 0.481 e. The fourth-order valence-electron chi connectivity index (χ4n) is 2.14. The van der Waals surface area contributed by atoms with Gasteiger partial charge in [-0.2, -0.15) is 0 Å². The molecule has 1 aliphatic heterocycles. The van der Waals surface area contributed by atoms with E-state index in [9.17, 15) is 9.59 Å². The molecule has 7 heteroatoms. The highest BCUT2D eigenvalue weighted by molar-refractivity contribution is 5.94. The van der Waals surface area contributed by atoms with Crippen LogP contribution >= 0.6 is 0 Å². The fraction of sp³-hybridized carbons (Fsp3) is 0.462. The Morgan fingerprint density at radius 1 is 1.45 bits per heavy atom. The zero-order chi connectivity index (χ0) is 14.7. The summed E-state index contributed by atoms with van der Waals surface area (Å²) in [4.78, 5) is 28.8. The van der Waals surface area contributed by atoms with E-state index in [0.717, 1.165) is 0 Å². The minimum Gasteiger partial charge on any atom is -0.481 e. The van der Waals surface area contributed by atoms with Crippen LogP contribution in [-0.4, -0.2) is 60.3 Å². The molecule has 7 nitrogen and oxygen atoms in total. The molecule has 1 aromatic heterocycles. The molecule has 0 aliphatic carbocycles. The second kappa shape index (κ2) is 5.87. The average molecular weight is 280 g/mol. The molecule has 2 heterocycles. The Balaban J connectivity index is 2.13. The smallest absolute Gasteiger partial charge is 0.311 e. The minimum atomic E-state index is -0.958. The molecule has 1 saturated heterocycles. The SMILES string of the molecule is COc1ccc(C(=O)N(C)C2COCC2C(=O)O)cn1. The molecule has 1 N–H and O–H groups in total. The van der Waals surface area contributed by atoms with Gasteiger partial charge < -0.3 is 19.5 Å². The van der Waals surface area contributed by atoms with E-state index in [1.54, 1.807) is 19.2 Å². The predicted octanol–water partition coefficient (Wildman–Crippen LogP) is 0.262. The molecule has 2 unspecified atom stereocenters. The number of likely N-dealkylation sites (N-methyl/N-ethyl adjacent to an activating group) is 1. The lowest BCUT2D eigenvalue weighted by Gasteiger charge is -2.26. The van der Waals surface area contributed by atoms with Gasteiger partial charge in [0.25, 0.3) is 5.91 Å². The quantitative estimate of drug-likeness (QED) is 0.851. The summed E-state index contributed by atoms with van der Waals surface area (Å²) in [6, 6.07) is 2.71. The van der Waals surface area contributed by atoms with Crippen LogP contribution in [0.15, 0.2) is 18.3 Å². The highest BCUT2D eigenvalue weighted by atomic mass is 16.5. The molecule has 0 aromatic carbocycles. The number of rotatable bonds is 4. The van der Waals surface area contributed by atoms with Crippen molar-refractivity contribution in [3.8, 4) is 5.88 Å². The Kier molecular flexibility index (Phi) is 4.19. The van der Waals surface area contributed by atoms with Crippen molar-refractivity contribution in [2.24, 2.45) is 5.92 Å². The lowest BCUT2D eigenvalue weighted by atomic mass is 10.0. The fourth-order valence-corrected chi connectivity index (χ4v) is 2.14. The van der Waals surface area contributed by atoms with Gasteiger partial charge in [0, 0.05) is 19.3 Å². The van der Waals surface area contributed by atoms with Gasteiger partial charge in [0.05, 0.1) is 31.9 Å². The summed E-state index contributed by atoms with van der Waals surface area (Å²) in [5.41, 5.74) is 0.379. The van der Waals surface area contributed by atoms with Crippen LogP contribution < -0.4 is 4.74 Å². The zero-order valence-electron chi connectivity index (χ0n) is 11.3. The molecular weight excluding hydrogens is 264 g/mol. The normalized spacial score (nSPS) is 21.5. The molecule has 20 heavy (non-hydrogen) atoms. The van der Waals surface area contributed by atoms with Gasteiger partial charge in [0.15, 0.2) is 0 Å². The van der Waals surface area contributed by atoms with Crippen molar-refractivity contribution in [1.82, 2.24) is 9.88 Å². The van der Waals surface area contributed by atoms with Crippen LogP contribution in [0.3, 0.4) is 0 Å². The number of amides is 1. The summed E-state index contributed by atoms with van der Waals surface area (Å²) in [6.07, 6.45) is 1.41. The van der Waals surface area contributed by atoms with Gasteiger partial charge in [-0.15, -0.1) is 0 Å². The van der Waals surface area contributed by atoms with Crippen LogP contribution in [0.4, 0.5) is 0 Å². The number of methoxy groups -OCH3 is 1. The molecule has 1 aliphatic rings. The number of aliphatic carboxylic acids is 1. The van der Waals surface area contributed by atoms with Crippen LogP contribution in [0.1, 0.15) is 10.4 Å². The highest BCUT2D eigenvalue weighted by Gasteiger charge is 2.38. The number of nitrogens with zero attached hydrogens (tertiary/aromatic N) is 2. The second-order valence-corrected chi connectivity index (χ2v) is 4.55. The maximum Gasteiger partial charge on any atom is 0.311 e. The maximum atomic E-state index is 12.3.